The van der Waals surface area contributed by atoms with E-state index in [0.717, 1.165) is 24.0 Å². The first-order valence-electron chi connectivity index (χ1n) is 8.17. The number of aromatic hydroxyl groups is 1. The summed E-state index contributed by atoms with van der Waals surface area (Å²) < 4.78 is 21.4. The van der Waals surface area contributed by atoms with Crippen molar-refractivity contribution < 1.29 is 24.1 Å². The first kappa shape index (κ1) is 18.8. The molecule has 1 unspecified atom stereocenters. The number of phenols is 1. The first-order valence-corrected chi connectivity index (χ1v) is 8.17. The van der Waals surface area contributed by atoms with Crippen LogP contribution in [0.5, 0.6) is 28.7 Å². The standard InChI is InChI=1S/C20H26O5/c1-13(10-14-6-8-17(22-2)16(21)12-14)11-15-7-9-18(23-3)20(25-5)19(15)24-4/h6-9,12-13,21H,10-11H2,1-5H3. The van der Waals surface area contributed by atoms with E-state index < -0.39 is 0 Å². The number of ether oxygens (including phenoxy) is 4. The fraction of sp³-hybridized carbons (Fsp3) is 0.400. The van der Waals surface area contributed by atoms with Gasteiger partial charge in [0, 0.05) is 0 Å². The van der Waals surface area contributed by atoms with E-state index in [9.17, 15) is 5.11 Å². The second-order valence-electron chi connectivity index (χ2n) is 6.01. The smallest absolute Gasteiger partial charge is 0.203 e. The Morgan fingerprint density at radius 1 is 0.800 bits per heavy atom. The van der Waals surface area contributed by atoms with E-state index in [0.29, 0.717) is 28.9 Å². The minimum Gasteiger partial charge on any atom is -0.504 e. The molecule has 0 aromatic heterocycles. The van der Waals surface area contributed by atoms with Crippen LogP contribution < -0.4 is 18.9 Å². The Bertz CT molecular complexity index is 711. The second kappa shape index (κ2) is 8.51. The molecule has 5 heteroatoms. The molecule has 136 valence electrons. The summed E-state index contributed by atoms with van der Waals surface area (Å²) in [7, 11) is 6.39. The Balaban J connectivity index is 2.17. The Kier molecular flexibility index (Phi) is 6.39. The van der Waals surface area contributed by atoms with E-state index in [1.807, 2.05) is 18.2 Å². The number of hydrogen-bond donors (Lipinski definition) is 1. The van der Waals surface area contributed by atoms with Crippen molar-refractivity contribution in [2.24, 2.45) is 5.92 Å². The highest BCUT2D eigenvalue weighted by molar-refractivity contribution is 5.56. The van der Waals surface area contributed by atoms with Crippen molar-refractivity contribution in [1.29, 1.82) is 0 Å². The van der Waals surface area contributed by atoms with E-state index in [1.54, 1.807) is 40.6 Å². The number of methoxy groups -OCH3 is 4. The molecule has 25 heavy (non-hydrogen) atoms. The molecule has 1 N–H and O–H groups in total. The van der Waals surface area contributed by atoms with Gasteiger partial charge < -0.3 is 24.1 Å². The lowest BCUT2D eigenvalue weighted by atomic mass is 9.93. The van der Waals surface area contributed by atoms with Gasteiger partial charge in [0.15, 0.2) is 23.0 Å². The van der Waals surface area contributed by atoms with E-state index >= 15 is 0 Å². The zero-order valence-corrected chi connectivity index (χ0v) is 15.5. The highest BCUT2D eigenvalue weighted by Crippen LogP contribution is 2.40. The van der Waals surface area contributed by atoms with Gasteiger partial charge in [0.1, 0.15) is 0 Å². The lowest BCUT2D eigenvalue weighted by molar-refractivity contribution is 0.321. The summed E-state index contributed by atoms with van der Waals surface area (Å²) in [6, 6.07) is 9.40. The Morgan fingerprint density at radius 3 is 2.00 bits per heavy atom. The number of benzene rings is 2. The third-order valence-corrected chi connectivity index (χ3v) is 4.18. The SMILES string of the molecule is COc1ccc(CC(C)Cc2ccc(OC)c(OC)c2OC)cc1O. The summed E-state index contributed by atoms with van der Waals surface area (Å²) in [4.78, 5) is 0. The van der Waals surface area contributed by atoms with Gasteiger partial charge in [0.2, 0.25) is 5.75 Å². The minimum atomic E-state index is 0.163. The van der Waals surface area contributed by atoms with Crippen molar-refractivity contribution in [2.75, 3.05) is 28.4 Å². The predicted molar refractivity (Wildman–Crippen MR) is 97.3 cm³/mol. The molecule has 2 rings (SSSR count). The average Bonchev–Trinajstić information content (AvgIpc) is 2.61. The molecule has 2 aromatic carbocycles. The van der Waals surface area contributed by atoms with Crippen molar-refractivity contribution in [3.8, 4) is 28.7 Å². The Hall–Kier alpha value is -2.56. The third-order valence-electron chi connectivity index (χ3n) is 4.18. The van der Waals surface area contributed by atoms with Gasteiger partial charge in [-0.25, -0.2) is 0 Å². The van der Waals surface area contributed by atoms with Gasteiger partial charge in [-0.1, -0.05) is 19.1 Å². The minimum absolute atomic E-state index is 0.163. The van der Waals surface area contributed by atoms with Gasteiger partial charge in [-0.15, -0.1) is 0 Å². The lowest BCUT2D eigenvalue weighted by Crippen LogP contribution is -2.06. The highest BCUT2D eigenvalue weighted by atomic mass is 16.5. The van der Waals surface area contributed by atoms with Crippen molar-refractivity contribution in [1.82, 2.24) is 0 Å². The average molecular weight is 346 g/mol. The molecule has 0 aliphatic carbocycles. The molecular weight excluding hydrogens is 320 g/mol. The molecule has 0 bridgehead atoms. The topological polar surface area (TPSA) is 57.2 Å². The second-order valence-corrected chi connectivity index (χ2v) is 6.01. The van der Waals surface area contributed by atoms with Crippen LogP contribution in [0.15, 0.2) is 30.3 Å². The maximum absolute atomic E-state index is 9.93. The molecule has 0 amide bonds. The molecule has 1 atom stereocenters. The zero-order chi connectivity index (χ0) is 18.4. The number of rotatable bonds is 8. The predicted octanol–water partition coefficient (Wildman–Crippen LogP) is 3.85. The van der Waals surface area contributed by atoms with Gasteiger partial charge in [-0.3, -0.25) is 0 Å². The van der Waals surface area contributed by atoms with Gasteiger partial charge in [-0.05, 0) is 48.1 Å². The number of hydrogen-bond acceptors (Lipinski definition) is 5. The van der Waals surface area contributed by atoms with Crippen LogP contribution in [0, 0.1) is 5.92 Å². The maximum atomic E-state index is 9.93. The van der Waals surface area contributed by atoms with Crippen LogP contribution in [0.4, 0.5) is 0 Å². The summed E-state index contributed by atoms with van der Waals surface area (Å²) in [6.45, 7) is 2.16. The first-order chi connectivity index (χ1) is 12.0. The van der Waals surface area contributed by atoms with Crippen molar-refractivity contribution >= 4 is 0 Å². The molecule has 0 spiro atoms. The van der Waals surface area contributed by atoms with Gasteiger partial charge in [0.25, 0.3) is 0 Å². The van der Waals surface area contributed by atoms with Gasteiger partial charge in [0.05, 0.1) is 28.4 Å². The molecule has 0 aliphatic heterocycles. The van der Waals surface area contributed by atoms with Crippen LogP contribution in [0.25, 0.3) is 0 Å². The largest absolute Gasteiger partial charge is 0.504 e. The molecule has 0 saturated carbocycles. The zero-order valence-electron chi connectivity index (χ0n) is 15.5. The quantitative estimate of drug-likeness (QED) is 0.787. The van der Waals surface area contributed by atoms with E-state index in [2.05, 4.69) is 6.92 Å². The van der Waals surface area contributed by atoms with Gasteiger partial charge in [-0.2, -0.15) is 0 Å². The molecule has 0 radical (unpaired) electrons. The lowest BCUT2D eigenvalue weighted by Gasteiger charge is -2.18. The summed E-state index contributed by atoms with van der Waals surface area (Å²) in [6.07, 6.45) is 1.64. The molecule has 5 nitrogen and oxygen atoms in total. The van der Waals surface area contributed by atoms with Crippen LogP contribution >= 0.6 is 0 Å². The summed E-state index contributed by atoms with van der Waals surface area (Å²) >= 11 is 0. The van der Waals surface area contributed by atoms with Crippen LogP contribution in [0.2, 0.25) is 0 Å². The Morgan fingerprint density at radius 2 is 1.44 bits per heavy atom. The summed E-state index contributed by atoms with van der Waals surface area (Å²) in [5.74, 6) is 2.95. The van der Waals surface area contributed by atoms with Gasteiger partial charge >= 0.3 is 0 Å². The third kappa shape index (κ3) is 4.29. The normalized spacial score (nSPS) is 11.7. The summed E-state index contributed by atoms with van der Waals surface area (Å²) in [5, 5.41) is 9.93. The molecule has 0 fully saturated rings. The van der Waals surface area contributed by atoms with Crippen molar-refractivity contribution in [3.05, 3.63) is 41.5 Å². The molecule has 0 heterocycles. The van der Waals surface area contributed by atoms with E-state index in [4.69, 9.17) is 18.9 Å². The Labute approximate surface area is 149 Å². The van der Waals surface area contributed by atoms with Crippen molar-refractivity contribution in [2.45, 2.75) is 19.8 Å². The molecule has 0 saturated heterocycles. The maximum Gasteiger partial charge on any atom is 0.203 e. The summed E-state index contributed by atoms with van der Waals surface area (Å²) in [5.41, 5.74) is 2.12. The van der Waals surface area contributed by atoms with Crippen LogP contribution in [0.1, 0.15) is 18.1 Å². The fourth-order valence-electron chi connectivity index (χ4n) is 3.04. The monoisotopic (exact) mass is 346 g/mol. The van der Waals surface area contributed by atoms with Crippen LogP contribution in [0.3, 0.4) is 0 Å². The number of phenolic OH excluding ortho intramolecular Hbond substituents is 1. The van der Waals surface area contributed by atoms with Crippen LogP contribution in [-0.4, -0.2) is 33.5 Å². The molecule has 2 aromatic rings. The van der Waals surface area contributed by atoms with Crippen LogP contribution in [-0.2, 0) is 12.8 Å². The van der Waals surface area contributed by atoms with E-state index in [-0.39, 0.29) is 5.75 Å². The molecule has 0 aliphatic rings. The van der Waals surface area contributed by atoms with Crippen molar-refractivity contribution in [3.63, 3.8) is 0 Å². The highest BCUT2D eigenvalue weighted by Gasteiger charge is 2.18. The van der Waals surface area contributed by atoms with E-state index in [1.165, 1.54) is 0 Å². The molecular formula is C20H26O5. The fourth-order valence-corrected chi connectivity index (χ4v) is 3.04.